The van der Waals surface area contributed by atoms with E-state index < -0.39 is 0 Å². The average Bonchev–Trinajstić information content (AvgIpc) is 3.44. The Labute approximate surface area is 162 Å². The van der Waals surface area contributed by atoms with Crippen LogP contribution in [0.3, 0.4) is 0 Å². The van der Waals surface area contributed by atoms with Crippen LogP contribution in [0.25, 0.3) is 5.65 Å². The first kappa shape index (κ1) is 16.9. The number of aromatic nitrogens is 3. The van der Waals surface area contributed by atoms with Gasteiger partial charge in [0.2, 0.25) is 0 Å². The first-order valence-electron chi connectivity index (χ1n) is 9.57. The van der Waals surface area contributed by atoms with Crippen LogP contribution >= 0.6 is 0 Å². The third-order valence-electron chi connectivity index (χ3n) is 5.08. The molecule has 0 amide bonds. The second-order valence-electron chi connectivity index (χ2n) is 7.28. The lowest BCUT2D eigenvalue weighted by Crippen LogP contribution is -2.36. The van der Waals surface area contributed by atoms with Gasteiger partial charge in [0.15, 0.2) is 11.5 Å². The molecule has 0 radical (unpaired) electrons. The highest BCUT2D eigenvalue weighted by atomic mass is 16.5. The summed E-state index contributed by atoms with van der Waals surface area (Å²) < 4.78 is 7.07. The van der Waals surface area contributed by atoms with Crippen molar-refractivity contribution >= 4 is 40.0 Å². The number of nitrogens with two attached hydrogens (primary N) is 2. The number of nitrogens with one attached hydrogen (secondary N) is 2. The van der Waals surface area contributed by atoms with Crippen LogP contribution in [0.1, 0.15) is 12.8 Å². The van der Waals surface area contributed by atoms with Crippen LogP contribution in [0.2, 0.25) is 0 Å². The molecule has 1 aliphatic carbocycles. The van der Waals surface area contributed by atoms with Gasteiger partial charge in [0.05, 0.1) is 36.5 Å². The summed E-state index contributed by atoms with van der Waals surface area (Å²) in [7, 11) is 0. The first-order valence-corrected chi connectivity index (χ1v) is 9.57. The Balaban J connectivity index is 1.42. The number of rotatable bonds is 5. The van der Waals surface area contributed by atoms with Crippen LogP contribution in [0, 0.1) is 0 Å². The van der Waals surface area contributed by atoms with E-state index in [2.05, 4.69) is 25.6 Å². The number of morpholine rings is 1. The highest BCUT2D eigenvalue weighted by Crippen LogP contribution is 2.31. The number of anilines is 6. The molecule has 28 heavy (non-hydrogen) atoms. The average molecular weight is 380 g/mol. The van der Waals surface area contributed by atoms with Crippen molar-refractivity contribution in [3.05, 3.63) is 30.5 Å². The molecule has 0 unspecified atom stereocenters. The Morgan fingerprint density at radius 2 is 1.93 bits per heavy atom. The van der Waals surface area contributed by atoms with Crippen LogP contribution < -0.4 is 27.0 Å². The zero-order chi connectivity index (χ0) is 19.1. The molecule has 1 aliphatic heterocycles. The summed E-state index contributed by atoms with van der Waals surface area (Å²) in [5.41, 5.74) is 16.6. The minimum Gasteiger partial charge on any atom is -0.397 e. The predicted molar refractivity (Wildman–Crippen MR) is 111 cm³/mol. The molecule has 6 N–H and O–H groups in total. The van der Waals surface area contributed by atoms with Gasteiger partial charge in [-0.2, -0.15) is 4.52 Å². The minimum absolute atomic E-state index is 0.500. The molecule has 0 bridgehead atoms. The van der Waals surface area contributed by atoms with Gasteiger partial charge in [0.25, 0.3) is 0 Å². The molecule has 0 spiro atoms. The second-order valence-corrected chi connectivity index (χ2v) is 7.28. The van der Waals surface area contributed by atoms with Crippen LogP contribution in [0.4, 0.5) is 34.4 Å². The van der Waals surface area contributed by atoms with E-state index in [0.29, 0.717) is 17.7 Å². The molecule has 3 aromatic rings. The van der Waals surface area contributed by atoms with E-state index in [1.807, 2.05) is 24.3 Å². The minimum atomic E-state index is 0.500. The number of hydrogen-bond acceptors (Lipinski definition) is 8. The van der Waals surface area contributed by atoms with E-state index in [0.717, 1.165) is 54.7 Å². The van der Waals surface area contributed by atoms with E-state index >= 15 is 0 Å². The van der Waals surface area contributed by atoms with Crippen molar-refractivity contribution in [2.75, 3.05) is 53.3 Å². The zero-order valence-corrected chi connectivity index (χ0v) is 15.6. The summed E-state index contributed by atoms with van der Waals surface area (Å²) in [5, 5.41) is 11.4. The molecule has 2 aromatic heterocycles. The van der Waals surface area contributed by atoms with E-state index in [4.69, 9.17) is 16.2 Å². The van der Waals surface area contributed by atoms with Crippen molar-refractivity contribution in [2.24, 2.45) is 0 Å². The first-order chi connectivity index (χ1) is 13.7. The highest BCUT2D eigenvalue weighted by Gasteiger charge is 2.23. The summed E-state index contributed by atoms with van der Waals surface area (Å²) in [6, 6.07) is 8.45. The third-order valence-corrected chi connectivity index (χ3v) is 5.08. The standard InChI is InChI=1S/C19H24N8O/c20-14-9-13(3-4-16(14)26-5-7-28-8-6-26)24-18-10-15(23-12-1-2-12)19-22-11-17(21)27(19)25-18/h3-4,9-12,23H,1-2,5-8,20-21H2,(H,24,25). The number of imidazole rings is 1. The molecule has 5 rings (SSSR count). The second kappa shape index (κ2) is 6.75. The van der Waals surface area contributed by atoms with Gasteiger partial charge in [-0.1, -0.05) is 0 Å². The summed E-state index contributed by atoms with van der Waals surface area (Å²) in [4.78, 5) is 6.62. The Hall–Kier alpha value is -3.20. The molecular formula is C19H24N8O. The van der Waals surface area contributed by atoms with E-state index in [1.165, 1.54) is 12.8 Å². The van der Waals surface area contributed by atoms with Crippen molar-refractivity contribution in [2.45, 2.75) is 18.9 Å². The lowest BCUT2D eigenvalue weighted by atomic mass is 10.2. The van der Waals surface area contributed by atoms with E-state index in [1.54, 1.807) is 10.7 Å². The molecule has 2 aliphatic rings. The number of ether oxygens (including phenoxy) is 1. The molecule has 9 nitrogen and oxygen atoms in total. The van der Waals surface area contributed by atoms with Crippen molar-refractivity contribution in [3.8, 4) is 0 Å². The molecule has 1 aromatic carbocycles. The molecule has 1 saturated carbocycles. The fourth-order valence-electron chi connectivity index (χ4n) is 3.47. The molecule has 9 heteroatoms. The number of hydrogen-bond donors (Lipinski definition) is 4. The number of nitrogen functional groups attached to an aromatic ring is 2. The number of nitrogens with zero attached hydrogens (tertiary/aromatic N) is 4. The zero-order valence-electron chi connectivity index (χ0n) is 15.6. The van der Waals surface area contributed by atoms with E-state index in [9.17, 15) is 0 Å². The molecule has 1 saturated heterocycles. The maximum Gasteiger partial charge on any atom is 0.179 e. The maximum absolute atomic E-state index is 6.32. The molecular weight excluding hydrogens is 356 g/mol. The normalized spacial score (nSPS) is 17.1. The molecule has 0 atom stereocenters. The van der Waals surface area contributed by atoms with Gasteiger partial charge >= 0.3 is 0 Å². The Morgan fingerprint density at radius 3 is 2.68 bits per heavy atom. The molecule has 3 heterocycles. The maximum atomic E-state index is 6.32. The third kappa shape index (κ3) is 3.24. The fraction of sp³-hybridized carbons (Fsp3) is 0.368. The van der Waals surface area contributed by atoms with Gasteiger partial charge < -0.3 is 31.7 Å². The summed E-state index contributed by atoms with van der Waals surface area (Å²) in [5.74, 6) is 1.18. The Bertz CT molecular complexity index is 1010. The smallest absolute Gasteiger partial charge is 0.179 e. The quantitative estimate of drug-likeness (QED) is 0.497. The van der Waals surface area contributed by atoms with Gasteiger partial charge in [-0.25, -0.2) is 4.98 Å². The summed E-state index contributed by atoms with van der Waals surface area (Å²) in [6.07, 6.45) is 3.97. The topological polar surface area (TPSA) is 119 Å². The van der Waals surface area contributed by atoms with Crippen molar-refractivity contribution in [3.63, 3.8) is 0 Å². The van der Waals surface area contributed by atoms with Crippen molar-refractivity contribution in [1.82, 2.24) is 14.6 Å². The highest BCUT2D eigenvalue weighted by molar-refractivity contribution is 5.77. The van der Waals surface area contributed by atoms with Crippen LogP contribution in [0.5, 0.6) is 0 Å². The lowest BCUT2D eigenvalue weighted by molar-refractivity contribution is 0.123. The monoisotopic (exact) mass is 380 g/mol. The van der Waals surface area contributed by atoms with Crippen LogP contribution in [-0.4, -0.2) is 46.9 Å². The Kier molecular flexibility index (Phi) is 4.09. The van der Waals surface area contributed by atoms with Crippen LogP contribution in [-0.2, 0) is 4.74 Å². The predicted octanol–water partition coefficient (Wildman–Crippen LogP) is 2.05. The van der Waals surface area contributed by atoms with Crippen LogP contribution in [0.15, 0.2) is 30.5 Å². The largest absolute Gasteiger partial charge is 0.397 e. The number of benzene rings is 1. The van der Waals surface area contributed by atoms with E-state index in [-0.39, 0.29) is 0 Å². The van der Waals surface area contributed by atoms with Gasteiger partial charge in [-0.15, -0.1) is 5.10 Å². The summed E-state index contributed by atoms with van der Waals surface area (Å²) >= 11 is 0. The van der Waals surface area contributed by atoms with Crippen molar-refractivity contribution < 1.29 is 4.74 Å². The van der Waals surface area contributed by atoms with Gasteiger partial charge in [0, 0.05) is 30.9 Å². The number of fused-ring (bicyclic) bond motifs is 1. The molecule has 146 valence electrons. The van der Waals surface area contributed by atoms with Gasteiger partial charge in [-0.05, 0) is 31.0 Å². The Morgan fingerprint density at radius 1 is 1.11 bits per heavy atom. The van der Waals surface area contributed by atoms with Crippen molar-refractivity contribution in [1.29, 1.82) is 0 Å². The SMILES string of the molecule is Nc1cc(Nc2cc(NC3CC3)c3ncc(N)n3n2)ccc1N1CCOCC1. The van der Waals surface area contributed by atoms with Gasteiger partial charge in [-0.3, -0.25) is 0 Å². The molecule has 2 fully saturated rings. The summed E-state index contributed by atoms with van der Waals surface area (Å²) in [6.45, 7) is 3.16. The fourth-order valence-corrected chi connectivity index (χ4v) is 3.47. The van der Waals surface area contributed by atoms with Gasteiger partial charge in [0.1, 0.15) is 5.82 Å². The lowest BCUT2D eigenvalue weighted by Gasteiger charge is -2.30.